The maximum Gasteiger partial charge on any atom is 0.229 e. The van der Waals surface area contributed by atoms with Gasteiger partial charge in [0.25, 0.3) is 0 Å². The van der Waals surface area contributed by atoms with Crippen LogP contribution in [-0.4, -0.2) is 264 Å². The second-order valence-electron chi connectivity index (χ2n) is 17.9. The Kier molecular flexibility index (Phi) is 34.4. The van der Waals surface area contributed by atoms with Crippen molar-refractivity contribution in [2.45, 2.75) is 70.2 Å². The Hall–Kier alpha value is -4.11. The van der Waals surface area contributed by atoms with Gasteiger partial charge in [-0.25, -0.2) is 0 Å². The van der Waals surface area contributed by atoms with Crippen molar-refractivity contribution in [2.75, 3.05) is 164 Å². The number of ketones is 1. The number of alkyl halides is 1. The molecule has 1 rings (SSSR count). The molecule has 2 atom stereocenters. The third-order valence-corrected chi connectivity index (χ3v) is 11.4. The predicted octanol–water partition coefficient (Wildman–Crippen LogP) is -5.75. The van der Waals surface area contributed by atoms with E-state index < -0.39 is 60.2 Å². The topological polar surface area (TPSA) is 315 Å². The van der Waals surface area contributed by atoms with Crippen LogP contribution in [0.2, 0.25) is 0 Å². The van der Waals surface area contributed by atoms with Crippen LogP contribution in [0.25, 0.3) is 0 Å². The average Bonchev–Trinajstić information content (AvgIpc) is 3.25. The van der Waals surface area contributed by atoms with E-state index in [0.29, 0.717) is 122 Å². The molecule has 1 heterocycles. The number of carbonyl (C=O) groups is 8. The molecule has 0 aromatic heterocycles. The van der Waals surface area contributed by atoms with Gasteiger partial charge in [0.05, 0.1) is 38.4 Å². The molecule has 398 valence electrons. The molecule has 1 saturated heterocycles. The van der Waals surface area contributed by atoms with Crippen molar-refractivity contribution in [3.8, 4) is 0 Å². The minimum atomic E-state index is -0.867. The van der Waals surface area contributed by atoms with Crippen LogP contribution in [0.5, 0.6) is 0 Å². The average molecular weight is 1010 g/mol. The minimum Gasteiger partial charge on any atom is -0.391 e. The van der Waals surface area contributed by atoms with Crippen molar-refractivity contribution in [1.29, 1.82) is 0 Å². The number of Topliss-reactive ketones (excluding diaryl/α,β-unsaturated/α-hetero) is 1. The number of aliphatic hydroxyl groups excluding tert-OH is 3. The van der Waals surface area contributed by atoms with Crippen molar-refractivity contribution < 1.29 is 58.2 Å². The van der Waals surface area contributed by atoms with Crippen LogP contribution in [0.4, 0.5) is 0 Å². The van der Waals surface area contributed by atoms with Crippen LogP contribution in [0.1, 0.15) is 51.9 Å². The zero-order chi connectivity index (χ0) is 51.5. The van der Waals surface area contributed by atoms with Gasteiger partial charge in [-0.15, -0.1) is 11.6 Å². The van der Waals surface area contributed by atoms with Gasteiger partial charge >= 0.3 is 0 Å². The lowest BCUT2D eigenvalue weighted by Gasteiger charge is -2.48. The first kappa shape index (κ1) is 62.9. The van der Waals surface area contributed by atoms with Gasteiger partial charge in [-0.3, -0.25) is 43.4 Å². The fraction of sp³-hybridized carbons (Fsp3) is 0.818. The maximum atomic E-state index is 12.6. The van der Waals surface area contributed by atoms with Gasteiger partial charge in [0, 0.05) is 117 Å². The van der Waals surface area contributed by atoms with Crippen molar-refractivity contribution in [3.05, 3.63) is 0 Å². The van der Waals surface area contributed by atoms with Crippen LogP contribution >= 0.6 is 11.6 Å². The Bertz CT molecular complexity index is 1550. The molecule has 24 nitrogen and oxygen atoms in total. The number of halogens is 1. The molecule has 0 saturated carbocycles. The van der Waals surface area contributed by atoms with Gasteiger partial charge in [0.15, 0.2) is 6.10 Å². The molecular formula is C44H85ClN13O11+. The first-order valence-electron chi connectivity index (χ1n) is 24.1. The van der Waals surface area contributed by atoms with E-state index in [1.54, 1.807) is 4.90 Å². The molecule has 69 heavy (non-hydrogen) atoms. The fourth-order valence-corrected chi connectivity index (χ4v) is 7.59. The monoisotopic (exact) mass is 1010 g/mol. The van der Waals surface area contributed by atoms with E-state index >= 15 is 0 Å². The van der Waals surface area contributed by atoms with E-state index in [4.69, 9.17) is 11.6 Å². The summed E-state index contributed by atoms with van der Waals surface area (Å²) in [6.07, 6.45) is -0.880. The number of rotatable bonds is 42. The van der Waals surface area contributed by atoms with Gasteiger partial charge < -0.3 is 77.3 Å². The summed E-state index contributed by atoms with van der Waals surface area (Å²) in [4.78, 5) is 103. The number of carbonyl (C=O) groups excluding carboxylic acids is 8. The highest BCUT2D eigenvalue weighted by Crippen LogP contribution is 2.19. The number of aliphatic hydroxyl groups is 3. The predicted molar refractivity (Wildman–Crippen MR) is 261 cm³/mol. The summed E-state index contributed by atoms with van der Waals surface area (Å²) in [5.41, 5.74) is 0. The lowest BCUT2D eigenvalue weighted by molar-refractivity contribution is -0.970. The summed E-state index contributed by atoms with van der Waals surface area (Å²) in [7, 11) is 5.60. The summed E-state index contributed by atoms with van der Waals surface area (Å²) < 4.78 is 0.435. The van der Waals surface area contributed by atoms with Crippen LogP contribution in [-0.2, 0) is 38.4 Å². The lowest BCUT2D eigenvalue weighted by atomic mass is 10.1. The van der Waals surface area contributed by atoms with Crippen LogP contribution in [0, 0.1) is 0 Å². The van der Waals surface area contributed by atoms with E-state index in [2.05, 4.69) is 47.9 Å². The van der Waals surface area contributed by atoms with Gasteiger partial charge in [-0.2, -0.15) is 0 Å². The van der Waals surface area contributed by atoms with E-state index in [-0.39, 0.29) is 76.2 Å². The molecule has 0 aromatic carbocycles. The fourth-order valence-electron chi connectivity index (χ4n) is 7.49. The Morgan fingerprint density at radius 2 is 0.942 bits per heavy atom. The largest absolute Gasteiger partial charge is 0.391 e. The van der Waals surface area contributed by atoms with E-state index in [1.807, 2.05) is 30.9 Å². The first-order valence-corrected chi connectivity index (χ1v) is 24.6. The maximum absolute atomic E-state index is 12.6. The third-order valence-electron chi connectivity index (χ3n) is 11.0. The molecule has 7 amide bonds. The molecule has 0 radical (unpaired) electrons. The molecule has 0 aromatic rings. The Balaban J connectivity index is 2.32. The zero-order valence-electron chi connectivity index (χ0n) is 41.5. The molecule has 0 aliphatic carbocycles. The van der Waals surface area contributed by atoms with Crippen LogP contribution in [0.15, 0.2) is 0 Å². The highest BCUT2D eigenvalue weighted by molar-refractivity contribution is 6.18. The van der Waals surface area contributed by atoms with Gasteiger partial charge in [0.2, 0.25) is 41.4 Å². The molecule has 0 spiro atoms. The smallest absolute Gasteiger partial charge is 0.229 e. The Morgan fingerprint density at radius 3 is 1.35 bits per heavy atom. The number of nitrogens with zero attached hydrogens (tertiary/aromatic N) is 4. The molecule has 25 heteroatoms. The quantitative estimate of drug-likeness (QED) is 0.0117. The number of unbranched alkanes of at least 4 members (excludes halogenated alkanes) is 1. The van der Waals surface area contributed by atoms with Crippen molar-refractivity contribution in [3.63, 3.8) is 0 Å². The molecular weight excluding hydrogens is 922 g/mol. The highest BCUT2D eigenvalue weighted by Gasteiger charge is 2.42. The SMILES string of the molecule is CNCCN(CCNC(=O)CC(=O)NCCN(CCNC(=O)CC(=O)NCC[N+]1(CCNC(=O)CC(=O)NCCNCCNC(=O)CCCCC(C)=O)CC(O)C1)CC(O)CCl)CC(O)CN(C)C. The number of amides is 7. The summed E-state index contributed by atoms with van der Waals surface area (Å²) in [6, 6.07) is 0. The number of likely N-dealkylation sites (tertiary alicyclic amines) is 1. The number of nitrogens with one attached hydrogen (secondary N) is 9. The highest BCUT2D eigenvalue weighted by atomic mass is 35.5. The summed E-state index contributed by atoms with van der Waals surface area (Å²) >= 11 is 5.82. The zero-order valence-corrected chi connectivity index (χ0v) is 42.3. The lowest BCUT2D eigenvalue weighted by Crippen LogP contribution is -2.69. The molecule has 0 bridgehead atoms. The van der Waals surface area contributed by atoms with Crippen LogP contribution < -0.4 is 47.9 Å². The Labute approximate surface area is 413 Å². The second-order valence-corrected chi connectivity index (χ2v) is 18.2. The molecule has 1 aliphatic heterocycles. The third kappa shape index (κ3) is 34.0. The van der Waals surface area contributed by atoms with Gasteiger partial charge in [-0.1, -0.05) is 0 Å². The summed E-state index contributed by atoms with van der Waals surface area (Å²) in [5.74, 6) is -2.79. The van der Waals surface area contributed by atoms with Crippen molar-refractivity contribution in [1.82, 2.24) is 62.6 Å². The van der Waals surface area contributed by atoms with E-state index in [0.717, 1.165) is 0 Å². The number of likely N-dealkylation sites (N-methyl/N-ethyl adjacent to an activating group) is 2. The minimum absolute atomic E-state index is 0.0262. The number of hydrogen-bond acceptors (Lipinski definition) is 16. The molecule has 1 aliphatic rings. The molecule has 2 unspecified atom stereocenters. The number of hydrogen-bond donors (Lipinski definition) is 12. The van der Waals surface area contributed by atoms with Gasteiger partial charge in [-0.05, 0) is 40.9 Å². The van der Waals surface area contributed by atoms with Crippen molar-refractivity contribution in [2.24, 2.45) is 0 Å². The Morgan fingerprint density at radius 1 is 0.551 bits per heavy atom. The van der Waals surface area contributed by atoms with E-state index in [1.165, 1.54) is 6.92 Å². The molecule has 12 N–H and O–H groups in total. The number of quaternary nitrogens is 1. The normalized spacial score (nSPS) is 16.3. The van der Waals surface area contributed by atoms with Crippen molar-refractivity contribution >= 4 is 58.7 Å². The van der Waals surface area contributed by atoms with E-state index in [9.17, 15) is 53.7 Å². The first-order chi connectivity index (χ1) is 32.8. The summed E-state index contributed by atoms with van der Waals surface area (Å²) in [5, 5.41) is 55.8. The second kappa shape index (κ2) is 37.7. The van der Waals surface area contributed by atoms with Crippen LogP contribution in [0.3, 0.4) is 0 Å². The van der Waals surface area contributed by atoms with Gasteiger partial charge in [0.1, 0.15) is 38.1 Å². The standard InChI is InChI=1S/C44H84ClN13O11/c1-34(59)7-5-6-8-38(63)48-11-9-47-10-12-49-39(64)25-43(68)53-17-23-58(32-37(62)33-58)24-18-54-44(69)27-42(67)52-16-22-57(30-35(60)28-45)21-15-51-41(66)26-40(65)50-14-20-56(19-13-46-2)31-36(61)29-55(3)4/h35-37,46-47,60-62H,5-33H2,1-4H3,(H6-,48,49,50,51,52,53,54,63,64,65,66,67,68,69)/p+1. The molecule has 1 fully saturated rings. The summed E-state index contributed by atoms with van der Waals surface area (Å²) in [6.45, 7) is 9.67.